The summed E-state index contributed by atoms with van der Waals surface area (Å²) < 4.78 is 0. The Morgan fingerprint density at radius 2 is 2.23 bits per heavy atom. The predicted molar refractivity (Wildman–Crippen MR) is 87.2 cm³/mol. The van der Waals surface area contributed by atoms with Gasteiger partial charge in [0.1, 0.15) is 5.15 Å². The maximum absolute atomic E-state index is 11.9. The first kappa shape index (κ1) is 14.8. The maximum Gasteiger partial charge on any atom is 0.234 e. The molecule has 3 aromatic rings. The van der Waals surface area contributed by atoms with Crippen LogP contribution in [0.5, 0.6) is 0 Å². The number of amides is 1. The number of H-pyrrole nitrogens is 1. The molecule has 3 aromatic heterocycles. The lowest BCUT2D eigenvalue weighted by Gasteiger charge is -2.03. The van der Waals surface area contributed by atoms with Gasteiger partial charge in [-0.05, 0) is 19.1 Å². The molecule has 0 aromatic carbocycles. The number of imidazole rings is 1. The summed E-state index contributed by atoms with van der Waals surface area (Å²) in [6.07, 6.45) is 3.25. The van der Waals surface area contributed by atoms with Crippen LogP contribution in [-0.2, 0) is 4.79 Å². The fraction of sp³-hybridized carbons (Fsp3) is 0.143. The van der Waals surface area contributed by atoms with E-state index < -0.39 is 0 Å². The van der Waals surface area contributed by atoms with Crippen molar-refractivity contribution in [2.75, 3.05) is 11.1 Å². The highest BCUT2D eigenvalue weighted by Crippen LogP contribution is 2.20. The molecule has 0 saturated heterocycles. The number of nitrogens with zero attached hydrogens (tertiary/aromatic N) is 3. The zero-order valence-corrected chi connectivity index (χ0v) is 13.2. The summed E-state index contributed by atoms with van der Waals surface area (Å²) >= 11 is 7.13. The van der Waals surface area contributed by atoms with Crippen LogP contribution in [0.25, 0.3) is 11.0 Å². The molecule has 1 amide bonds. The van der Waals surface area contributed by atoms with Crippen molar-refractivity contribution in [2.24, 2.45) is 0 Å². The average molecular weight is 334 g/mol. The van der Waals surface area contributed by atoms with Crippen molar-refractivity contribution in [3.8, 4) is 0 Å². The predicted octanol–water partition coefficient (Wildman–Crippen LogP) is 3.05. The molecular formula is C14H12ClN5OS. The molecule has 0 bridgehead atoms. The SMILES string of the molecule is Cc1ccc(NC(=O)CSc2nc3cc(Cl)ncc3[nH]2)cn1. The third-order valence-electron chi connectivity index (χ3n) is 2.85. The highest BCUT2D eigenvalue weighted by molar-refractivity contribution is 7.99. The van der Waals surface area contributed by atoms with E-state index in [-0.39, 0.29) is 11.7 Å². The molecule has 3 heterocycles. The molecule has 8 heteroatoms. The van der Waals surface area contributed by atoms with E-state index >= 15 is 0 Å². The summed E-state index contributed by atoms with van der Waals surface area (Å²) in [6.45, 7) is 1.89. The molecule has 3 rings (SSSR count). The fourth-order valence-electron chi connectivity index (χ4n) is 1.80. The van der Waals surface area contributed by atoms with E-state index in [1.807, 2.05) is 19.1 Å². The normalized spacial score (nSPS) is 10.8. The molecule has 0 unspecified atom stereocenters. The van der Waals surface area contributed by atoms with Crippen LogP contribution in [0.15, 0.2) is 35.7 Å². The summed E-state index contributed by atoms with van der Waals surface area (Å²) in [4.78, 5) is 27.5. The van der Waals surface area contributed by atoms with E-state index in [9.17, 15) is 4.79 Å². The van der Waals surface area contributed by atoms with E-state index in [1.54, 1.807) is 18.5 Å². The number of fused-ring (bicyclic) bond motifs is 1. The van der Waals surface area contributed by atoms with E-state index in [2.05, 4.69) is 25.3 Å². The molecule has 0 aliphatic carbocycles. The van der Waals surface area contributed by atoms with Gasteiger partial charge >= 0.3 is 0 Å². The van der Waals surface area contributed by atoms with Crippen molar-refractivity contribution < 1.29 is 4.79 Å². The first-order valence-electron chi connectivity index (χ1n) is 6.47. The number of rotatable bonds is 4. The second-order valence-corrected chi connectivity index (χ2v) is 5.94. The second kappa shape index (κ2) is 6.33. The van der Waals surface area contributed by atoms with Crippen molar-refractivity contribution in [1.82, 2.24) is 19.9 Å². The van der Waals surface area contributed by atoms with E-state index in [0.29, 0.717) is 16.0 Å². The molecule has 112 valence electrons. The minimum atomic E-state index is -0.118. The second-order valence-electron chi connectivity index (χ2n) is 4.59. The molecule has 6 nitrogen and oxygen atoms in total. The molecule has 0 atom stereocenters. The number of hydrogen-bond acceptors (Lipinski definition) is 5. The van der Waals surface area contributed by atoms with Crippen LogP contribution >= 0.6 is 23.4 Å². The van der Waals surface area contributed by atoms with Gasteiger partial charge in [-0.25, -0.2) is 9.97 Å². The first-order valence-corrected chi connectivity index (χ1v) is 7.83. The Morgan fingerprint density at radius 1 is 1.36 bits per heavy atom. The molecule has 0 saturated carbocycles. The van der Waals surface area contributed by atoms with Gasteiger partial charge in [0.05, 0.1) is 34.9 Å². The number of hydrogen-bond donors (Lipinski definition) is 2. The molecule has 2 N–H and O–H groups in total. The number of halogens is 1. The largest absolute Gasteiger partial charge is 0.332 e. The lowest BCUT2D eigenvalue weighted by molar-refractivity contribution is -0.113. The van der Waals surface area contributed by atoms with Gasteiger partial charge in [-0.2, -0.15) is 0 Å². The standard InChI is InChI=1S/C14H12ClN5OS/c1-8-2-3-9(5-16-8)18-13(21)7-22-14-19-10-4-12(15)17-6-11(10)20-14/h2-6H,7H2,1H3,(H,18,21)(H,19,20). The Kier molecular flexibility index (Phi) is 4.26. The molecule has 0 aliphatic heterocycles. The van der Waals surface area contributed by atoms with Gasteiger partial charge < -0.3 is 10.3 Å². The maximum atomic E-state index is 11.9. The van der Waals surface area contributed by atoms with E-state index in [4.69, 9.17) is 11.6 Å². The Bertz CT molecular complexity index is 818. The monoisotopic (exact) mass is 333 g/mol. The number of aromatic nitrogens is 4. The van der Waals surface area contributed by atoms with Gasteiger partial charge in [0.25, 0.3) is 0 Å². The van der Waals surface area contributed by atoms with Gasteiger partial charge in [0, 0.05) is 11.8 Å². The van der Waals surface area contributed by atoms with Crippen LogP contribution in [0.1, 0.15) is 5.69 Å². The molecule has 0 fully saturated rings. The van der Waals surface area contributed by atoms with Gasteiger partial charge in [0.15, 0.2) is 5.16 Å². The number of nitrogens with one attached hydrogen (secondary N) is 2. The fourth-order valence-corrected chi connectivity index (χ4v) is 2.64. The lowest BCUT2D eigenvalue weighted by Crippen LogP contribution is -2.14. The topological polar surface area (TPSA) is 83.6 Å². The summed E-state index contributed by atoms with van der Waals surface area (Å²) in [5.74, 6) is 0.127. The highest BCUT2D eigenvalue weighted by atomic mass is 35.5. The third-order valence-corrected chi connectivity index (χ3v) is 3.93. The number of anilines is 1. The highest BCUT2D eigenvalue weighted by Gasteiger charge is 2.08. The van der Waals surface area contributed by atoms with Crippen molar-refractivity contribution in [3.63, 3.8) is 0 Å². The zero-order chi connectivity index (χ0) is 15.5. The van der Waals surface area contributed by atoms with Gasteiger partial charge in [-0.15, -0.1) is 0 Å². The Hall–Kier alpha value is -2.12. The summed E-state index contributed by atoms with van der Waals surface area (Å²) in [5.41, 5.74) is 3.10. The van der Waals surface area contributed by atoms with Crippen molar-refractivity contribution in [2.45, 2.75) is 12.1 Å². The Morgan fingerprint density at radius 3 is 3.00 bits per heavy atom. The summed E-state index contributed by atoms with van der Waals surface area (Å²) in [7, 11) is 0. The van der Waals surface area contributed by atoms with E-state index in [1.165, 1.54) is 11.8 Å². The number of aryl methyl sites for hydroxylation is 1. The summed E-state index contributed by atoms with van der Waals surface area (Å²) in [6, 6.07) is 5.34. The van der Waals surface area contributed by atoms with Crippen LogP contribution in [0.4, 0.5) is 5.69 Å². The Balaban J connectivity index is 1.61. The third kappa shape index (κ3) is 3.55. The number of carbonyl (C=O) groups excluding carboxylic acids is 1. The van der Waals surface area contributed by atoms with Crippen LogP contribution in [0.2, 0.25) is 5.15 Å². The summed E-state index contributed by atoms with van der Waals surface area (Å²) in [5, 5.41) is 3.82. The first-order chi connectivity index (χ1) is 10.6. The smallest absolute Gasteiger partial charge is 0.234 e. The minimum absolute atomic E-state index is 0.118. The molecule has 0 radical (unpaired) electrons. The van der Waals surface area contributed by atoms with Crippen LogP contribution < -0.4 is 5.32 Å². The molecule has 0 aliphatic rings. The lowest BCUT2D eigenvalue weighted by atomic mass is 10.3. The van der Waals surface area contributed by atoms with Crippen molar-refractivity contribution in [3.05, 3.63) is 41.4 Å². The van der Waals surface area contributed by atoms with Crippen molar-refractivity contribution in [1.29, 1.82) is 0 Å². The van der Waals surface area contributed by atoms with Crippen LogP contribution in [0, 0.1) is 6.92 Å². The number of pyridine rings is 2. The quantitative estimate of drug-likeness (QED) is 0.566. The van der Waals surface area contributed by atoms with E-state index in [0.717, 1.165) is 16.7 Å². The van der Waals surface area contributed by atoms with Crippen LogP contribution in [-0.4, -0.2) is 31.6 Å². The minimum Gasteiger partial charge on any atom is -0.332 e. The van der Waals surface area contributed by atoms with Crippen molar-refractivity contribution >= 4 is 46.0 Å². The van der Waals surface area contributed by atoms with Gasteiger partial charge in [-0.1, -0.05) is 23.4 Å². The molecule has 22 heavy (non-hydrogen) atoms. The van der Waals surface area contributed by atoms with Gasteiger partial charge in [-0.3, -0.25) is 9.78 Å². The average Bonchev–Trinajstić information content (AvgIpc) is 2.89. The van der Waals surface area contributed by atoms with Crippen LogP contribution in [0.3, 0.4) is 0 Å². The number of aromatic amines is 1. The Labute approximate surface area is 135 Å². The number of thioether (sulfide) groups is 1. The van der Waals surface area contributed by atoms with Gasteiger partial charge in [0.2, 0.25) is 5.91 Å². The zero-order valence-electron chi connectivity index (χ0n) is 11.6. The number of carbonyl (C=O) groups is 1. The molecular weight excluding hydrogens is 322 g/mol. The molecule has 0 spiro atoms.